The molecule has 17 heteroatoms. The van der Waals surface area contributed by atoms with Gasteiger partial charge in [-0.05, 0) is 300 Å². The van der Waals surface area contributed by atoms with Gasteiger partial charge in [-0.2, -0.15) is 0 Å². The average molecular weight is 2020 g/mol. The van der Waals surface area contributed by atoms with E-state index < -0.39 is 14.0 Å². The number of hydrogen-bond donors (Lipinski definition) is 1. The molecule has 628 valence electrons. The molecule has 0 saturated carbocycles. The SMILES string of the molecule is Brc1ccc(-c2ccc(Br)cc2)cc1.Brc1ccc(-c2ccc(N(c3ccccc3)c3cccc4ccccc34)cc2)cc1.Brc1ccc(I)cc1.CC1(C)OB(B2OC(C)(C)C(C)(C)O2)OC1(C)C.CC1(C)OB(c2ccc(-c3ccc(N(c4ccccc4)c4cccc5ccccc45)cc3)cc2)OC1(C)C.c1ccc(Nc2cccc3ccccc23)cc1. The van der Waals surface area contributed by atoms with E-state index in [0.717, 1.165) is 68.7 Å². The lowest BCUT2D eigenvalue weighted by Gasteiger charge is -2.32. The van der Waals surface area contributed by atoms with Crippen LogP contribution in [0.3, 0.4) is 0 Å². The molecule has 3 aliphatic rings. The Morgan fingerprint density at radius 3 is 0.848 bits per heavy atom. The van der Waals surface area contributed by atoms with Crippen molar-refractivity contribution >= 4 is 191 Å². The van der Waals surface area contributed by atoms with E-state index in [4.69, 9.17) is 27.9 Å². The predicted octanol–water partition coefficient (Wildman–Crippen LogP) is 31.8. The third-order valence-corrected chi connectivity index (χ3v) is 26.5. The Morgan fingerprint density at radius 1 is 0.248 bits per heavy atom. The molecule has 3 heterocycles. The van der Waals surface area contributed by atoms with Gasteiger partial charge in [0.05, 0.1) is 45.0 Å². The van der Waals surface area contributed by atoms with Crippen molar-refractivity contribution in [2.24, 2.45) is 0 Å². The number of rotatable bonds is 13. The van der Waals surface area contributed by atoms with Crippen molar-refractivity contribution in [2.45, 2.75) is 117 Å². The molecule has 0 unspecified atom stereocenters. The molecule has 0 aromatic heterocycles. The topological polar surface area (TPSA) is 73.9 Å². The summed E-state index contributed by atoms with van der Waals surface area (Å²) in [6.45, 7) is 24.5. The summed E-state index contributed by atoms with van der Waals surface area (Å²) >= 11 is 16.0. The summed E-state index contributed by atoms with van der Waals surface area (Å²) in [7, 11) is -1.30. The number of nitrogens with one attached hydrogen (secondary N) is 1. The Hall–Kier alpha value is -9.70. The van der Waals surface area contributed by atoms with E-state index >= 15 is 0 Å². The lowest BCUT2D eigenvalue weighted by Crippen LogP contribution is -2.41. The van der Waals surface area contributed by atoms with Gasteiger partial charge < -0.3 is 43.0 Å². The monoisotopic (exact) mass is 2010 g/mol. The number of fused-ring (bicyclic) bond motifs is 3. The summed E-state index contributed by atoms with van der Waals surface area (Å²) < 4.78 is 42.0. The van der Waals surface area contributed by atoms with E-state index in [2.05, 4.69) is 487 Å². The van der Waals surface area contributed by atoms with Crippen molar-refractivity contribution in [1.29, 1.82) is 0 Å². The van der Waals surface area contributed by atoms with Crippen LogP contribution in [-0.2, 0) is 27.9 Å². The fraction of sp³-hybridized carbons (Fsp3) is 0.167. The van der Waals surface area contributed by atoms with Crippen LogP contribution in [0.25, 0.3) is 65.7 Å². The van der Waals surface area contributed by atoms with E-state index in [1.165, 1.54) is 69.4 Å². The highest BCUT2D eigenvalue weighted by atomic mass is 127. The average Bonchev–Trinajstić information content (AvgIpc) is 1.55. The summed E-state index contributed by atoms with van der Waals surface area (Å²) in [6.07, 6.45) is 0. The maximum Gasteiger partial charge on any atom is 0.494 e. The number of benzene rings is 16. The van der Waals surface area contributed by atoms with Crippen LogP contribution in [0.15, 0.2) is 406 Å². The van der Waals surface area contributed by atoms with Gasteiger partial charge in [-0.1, -0.05) is 312 Å². The first kappa shape index (κ1) is 91.5. The normalized spacial score (nSPS) is 15.2. The number of anilines is 8. The summed E-state index contributed by atoms with van der Waals surface area (Å²) in [6, 6.07) is 135. The van der Waals surface area contributed by atoms with Gasteiger partial charge in [0.15, 0.2) is 0 Å². The zero-order chi connectivity index (χ0) is 88.1. The van der Waals surface area contributed by atoms with Gasteiger partial charge >= 0.3 is 21.1 Å². The molecule has 125 heavy (non-hydrogen) atoms. The first-order valence-corrected chi connectivity index (χ1v) is 46.2. The lowest BCUT2D eigenvalue weighted by atomic mass is 9.49. The van der Waals surface area contributed by atoms with E-state index in [9.17, 15) is 0 Å². The molecule has 16 aromatic rings. The highest BCUT2D eigenvalue weighted by Gasteiger charge is 2.64. The molecule has 0 bridgehead atoms. The molecule has 0 radical (unpaired) electrons. The predicted molar refractivity (Wildman–Crippen MR) is 552 cm³/mol. The molecule has 3 fully saturated rings. The van der Waals surface area contributed by atoms with Gasteiger partial charge in [-0.25, -0.2) is 0 Å². The van der Waals surface area contributed by atoms with Crippen molar-refractivity contribution in [3.05, 3.63) is 410 Å². The van der Waals surface area contributed by atoms with Crippen LogP contribution in [-0.4, -0.2) is 54.7 Å². The molecule has 3 saturated heterocycles. The van der Waals surface area contributed by atoms with E-state index in [1.54, 1.807) is 0 Å². The number of hydrogen-bond acceptors (Lipinski definition) is 9. The minimum absolute atomic E-state index is 0.346. The Morgan fingerprint density at radius 2 is 0.504 bits per heavy atom. The second-order valence-electron chi connectivity index (χ2n) is 33.9. The van der Waals surface area contributed by atoms with Crippen molar-refractivity contribution in [3.63, 3.8) is 0 Å². The van der Waals surface area contributed by atoms with Crippen molar-refractivity contribution in [2.75, 3.05) is 15.1 Å². The number of para-hydroxylation sites is 3. The maximum atomic E-state index is 6.22. The quantitative estimate of drug-likeness (QED) is 0.0897. The Balaban J connectivity index is 0.000000130. The molecule has 9 nitrogen and oxygen atoms in total. The van der Waals surface area contributed by atoms with Gasteiger partial charge in [0.1, 0.15) is 0 Å². The first-order valence-electron chi connectivity index (χ1n) is 42.0. The Kier molecular flexibility index (Phi) is 29.7. The smallest absolute Gasteiger partial charge is 0.405 e. The van der Waals surface area contributed by atoms with Gasteiger partial charge in [-0.15, -0.1) is 0 Å². The van der Waals surface area contributed by atoms with Crippen LogP contribution < -0.4 is 20.6 Å². The minimum atomic E-state index is -0.476. The van der Waals surface area contributed by atoms with Crippen LogP contribution in [0.2, 0.25) is 0 Å². The number of halogens is 5. The third-order valence-electron chi connectivity index (χ3n) is 23.7. The maximum absolute atomic E-state index is 6.22. The highest BCUT2D eigenvalue weighted by Crippen LogP contribution is 2.46. The van der Waals surface area contributed by atoms with Crippen LogP contribution in [0.1, 0.15) is 83.1 Å². The summed E-state index contributed by atoms with van der Waals surface area (Å²) in [5, 5.41) is 10.9. The summed E-state index contributed by atoms with van der Waals surface area (Å²) in [5.74, 6) is 0. The Labute approximate surface area is 786 Å². The zero-order valence-corrected chi connectivity index (χ0v) is 80.9. The molecule has 3 aliphatic heterocycles. The zero-order valence-electron chi connectivity index (χ0n) is 72.4. The van der Waals surface area contributed by atoms with Gasteiger partial charge in [-0.3, -0.25) is 0 Å². The molecule has 19 rings (SSSR count). The van der Waals surface area contributed by atoms with E-state index in [1.807, 2.05) is 85.7 Å². The van der Waals surface area contributed by atoms with Crippen molar-refractivity contribution in [1.82, 2.24) is 0 Å². The molecule has 0 atom stereocenters. The summed E-state index contributed by atoms with van der Waals surface area (Å²) in [5.41, 5.74) is 15.2. The lowest BCUT2D eigenvalue weighted by molar-refractivity contribution is 0.00578. The molecular formula is C108H101B3Br4IN3O6. The summed E-state index contributed by atoms with van der Waals surface area (Å²) in [4.78, 5) is 4.65. The largest absolute Gasteiger partial charge is 0.494 e. The van der Waals surface area contributed by atoms with Crippen molar-refractivity contribution < 1.29 is 27.9 Å². The second kappa shape index (κ2) is 40.5. The molecular weight excluding hydrogens is 1910 g/mol. The highest BCUT2D eigenvalue weighted by molar-refractivity contribution is 14.1. The van der Waals surface area contributed by atoms with Crippen LogP contribution in [0.4, 0.5) is 45.5 Å². The molecule has 0 amide bonds. The molecule has 0 spiro atoms. The van der Waals surface area contributed by atoms with Crippen molar-refractivity contribution in [3.8, 4) is 33.4 Å². The van der Waals surface area contributed by atoms with E-state index in [0.29, 0.717) is 0 Å². The molecule has 1 N–H and O–H groups in total. The van der Waals surface area contributed by atoms with Crippen LogP contribution in [0.5, 0.6) is 0 Å². The fourth-order valence-corrected chi connectivity index (χ4v) is 16.0. The van der Waals surface area contributed by atoms with Crippen LogP contribution in [0, 0.1) is 3.57 Å². The third kappa shape index (κ3) is 22.6. The van der Waals surface area contributed by atoms with Gasteiger partial charge in [0, 0.05) is 71.7 Å². The standard InChI is InChI=1S/C34H32BNO2.C28H20BrN.C16H13N.C12H24B2O4.C12H8Br2.C6H4BrI/c1-33(2)34(3,4)38-35(37-33)28-21-17-25(18-22-28)26-19-23-30(24-20-26)36(29-13-6-5-7-14-29)32-16-10-12-27-11-8-9-15-31(27)32;29-24-17-13-21(14-18-24)22-15-19-26(20-16-22)30(25-9-2-1-3-10-25)28-12-6-8-23-7-4-5-11-27(23)28;1-2-9-14(10-3-1)17-16-12-6-8-13-7-4-5-11-15(13)16;1-9(2)10(3,4)16-13(15-9)14-17-11(5,6)12(7,8)18-14;13-11-5-1-9(2-6-11)10-3-7-12(14)8-4-10;7-5-1-3-6(8)4-2-5/h5-24H,1-4H3;1-20H;1-12,17H;1-8H3;1-8H;1-4H. The molecule has 16 aromatic carbocycles. The first-order chi connectivity index (χ1) is 60.0. The molecule has 0 aliphatic carbocycles. The van der Waals surface area contributed by atoms with Crippen LogP contribution >= 0.6 is 86.3 Å². The van der Waals surface area contributed by atoms with Gasteiger partial charge in [0.2, 0.25) is 0 Å². The van der Waals surface area contributed by atoms with E-state index in [-0.39, 0.29) is 40.7 Å². The fourth-order valence-electron chi connectivity index (χ4n) is 14.6. The number of nitrogens with zero attached hydrogens (tertiary/aromatic N) is 2. The Bertz CT molecular complexity index is 6060. The second-order valence-corrected chi connectivity index (χ2v) is 38.8. The van der Waals surface area contributed by atoms with Gasteiger partial charge in [0.25, 0.3) is 0 Å². The minimum Gasteiger partial charge on any atom is -0.405 e.